The van der Waals surface area contributed by atoms with Crippen molar-refractivity contribution in [2.24, 2.45) is 4.99 Å². The highest BCUT2D eigenvalue weighted by Crippen LogP contribution is 2.10. The number of aliphatic imine (C=N–C) groups is 1. The standard InChI is InChI=1S/C22H37N5O2.HI/c1-3-19(2)24-22(23-10-9-20-8-7-17-29-20)27-15-13-25(14-16-27)18-21(28)26-11-5-4-6-12-26;/h7-8,17,19H,3-6,9-16,18H2,1-2H3,(H,23,24);1H. The van der Waals surface area contributed by atoms with Crippen LogP contribution in [0.3, 0.4) is 0 Å². The molecule has 0 saturated carbocycles. The van der Waals surface area contributed by atoms with Crippen molar-refractivity contribution in [3.05, 3.63) is 24.2 Å². The fourth-order valence-electron chi connectivity index (χ4n) is 3.84. The molecule has 7 nitrogen and oxygen atoms in total. The van der Waals surface area contributed by atoms with Crippen LogP contribution in [-0.4, -0.2) is 85.0 Å². The molecule has 170 valence electrons. The zero-order chi connectivity index (χ0) is 20.5. The summed E-state index contributed by atoms with van der Waals surface area (Å²) in [6, 6.07) is 4.30. The zero-order valence-electron chi connectivity index (χ0n) is 18.5. The molecule has 0 radical (unpaired) electrons. The molecule has 1 N–H and O–H groups in total. The molecule has 8 heteroatoms. The molecule has 1 atom stereocenters. The lowest BCUT2D eigenvalue weighted by molar-refractivity contribution is -0.133. The maximum absolute atomic E-state index is 12.5. The number of carbonyl (C=O) groups is 1. The van der Waals surface area contributed by atoms with Gasteiger partial charge in [0.2, 0.25) is 5.91 Å². The second kappa shape index (κ2) is 13.2. The number of hydrogen-bond acceptors (Lipinski definition) is 4. The van der Waals surface area contributed by atoms with Crippen molar-refractivity contribution in [3.8, 4) is 0 Å². The van der Waals surface area contributed by atoms with Crippen molar-refractivity contribution < 1.29 is 9.21 Å². The molecule has 2 aliphatic rings. The Hall–Kier alpha value is -1.29. The Balaban J connectivity index is 0.00000320. The molecule has 0 aliphatic carbocycles. The predicted molar refractivity (Wildman–Crippen MR) is 131 cm³/mol. The molecule has 1 aromatic heterocycles. The van der Waals surface area contributed by atoms with E-state index in [0.29, 0.717) is 25.0 Å². The molecule has 2 saturated heterocycles. The van der Waals surface area contributed by atoms with Crippen molar-refractivity contribution in [3.63, 3.8) is 0 Å². The third-order valence-corrected chi connectivity index (χ3v) is 5.93. The number of furan rings is 1. The van der Waals surface area contributed by atoms with E-state index in [-0.39, 0.29) is 24.0 Å². The fourth-order valence-corrected chi connectivity index (χ4v) is 3.84. The number of hydrogen-bond donors (Lipinski definition) is 1. The number of amides is 1. The van der Waals surface area contributed by atoms with E-state index in [1.165, 1.54) is 6.42 Å². The van der Waals surface area contributed by atoms with Crippen LogP contribution in [0.5, 0.6) is 0 Å². The monoisotopic (exact) mass is 531 g/mol. The third kappa shape index (κ3) is 7.76. The lowest BCUT2D eigenvalue weighted by atomic mass is 10.1. The molecule has 2 fully saturated rings. The van der Waals surface area contributed by atoms with Gasteiger partial charge in [-0.3, -0.25) is 14.7 Å². The molecule has 2 aliphatic heterocycles. The SMILES string of the molecule is CCC(C)NC(=NCCc1ccco1)N1CCN(CC(=O)N2CCCCC2)CC1.I. The highest BCUT2D eigenvalue weighted by atomic mass is 127. The lowest BCUT2D eigenvalue weighted by Crippen LogP contribution is -2.55. The van der Waals surface area contributed by atoms with Gasteiger partial charge in [-0.15, -0.1) is 24.0 Å². The largest absolute Gasteiger partial charge is 0.469 e. The second-order valence-electron chi connectivity index (χ2n) is 8.19. The van der Waals surface area contributed by atoms with E-state index >= 15 is 0 Å². The van der Waals surface area contributed by atoms with Gasteiger partial charge >= 0.3 is 0 Å². The van der Waals surface area contributed by atoms with Crippen LogP contribution in [0.25, 0.3) is 0 Å². The number of nitrogens with zero attached hydrogens (tertiary/aromatic N) is 4. The van der Waals surface area contributed by atoms with Crippen LogP contribution in [0.2, 0.25) is 0 Å². The van der Waals surface area contributed by atoms with E-state index in [0.717, 1.165) is 76.7 Å². The molecule has 0 aromatic carbocycles. The summed E-state index contributed by atoms with van der Waals surface area (Å²) >= 11 is 0. The lowest BCUT2D eigenvalue weighted by Gasteiger charge is -2.38. The molecule has 3 rings (SSSR count). The van der Waals surface area contributed by atoms with Gasteiger partial charge in [0.05, 0.1) is 12.8 Å². The molecule has 1 aromatic rings. The molecular weight excluding hydrogens is 493 g/mol. The predicted octanol–water partition coefficient (Wildman–Crippen LogP) is 2.81. The number of halogens is 1. The Morgan fingerprint density at radius 3 is 2.50 bits per heavy atom. The fraction of sp³-hybridized carbons (Fsp3) is 0.727. The molecular formula is C22H38IN5O2. The average Bonchev–Trinajstić information content (AvgIpc) is 3.27. The first-order valence-electron chi connectivity index (χ1n) is 11.2. The van der Waals surface area contributed by atoms with Crippen LogP contribution < -0.4 is 5.32 Å². The van der Waals surface area contributed by atoms with Gasteiger partial charge in [0, 0.05) is 58.3 Å². The maximum Gasteiger partial charge on any atom is 0.236 e. The van der Waals surface area contributed by atoms with E-state index in [1.807, 2.05) is 17.0 Å². The normalized spacial score (nSPS) is 19.3. The molecule has 30 heavy (non-hydrogen) atoms. The Morgan fingerprint density at radius 1 is 1.13 bits per heavy atom. The summed E-state index contributed by atoms with van der Waals surface area (Å²) in [5.41, 5.74) is 0. The summed E-state index contributed by atoms with van der Waals surface area (Å²) in [5.74, 6) is 2.24. The first-order valence-corrected chi connectivity index (χ1v) is 11.2. The minimum absolute atomic E-state index is 0. The van der Waals surface area contributed by atoms with Gasteiger partial charge < -0.3 is 19.5 Å². The van der Waals surface area contributed by atoms with Crippen LogP contribution in [0.1, 0.15) is 45.3 Å². The Morgan fingerprint density at radius 2 is 1.87 bits per heavy atom. The maximum atomic E-state index is 12.5. The average molecular weight is 531 g/mol. The zero-order valence-corrected chi connectivity index (χ0v) is 20.8. The van der Waals surface area contributed by atoms with E-state index in [4.69, 9.17) is 9.41 Å². The van der Waals surface area contributed by atoms with Gasteiger partial charge in [0.25, 0.3) is 0 Å². The van der Waals surface area contributed by atoms with Gasteiger partial charge in [-0.25, -0.2) is 0 Å². The highest BCUT2D eigenvalue weighted by molar-refractivity contribution is 14.0. The highest BCUT2D eigenvalue weighted by Gasteiger charge is 2.24. The summed E-state index contributed by atoms with van der Waals surface area (Å²) in [7, 11) is 0. The van der Waals surface area contributed by atoms with Gasteiger partial charge in [0.15, 0.2) is 5.96 Å². The first kappa shape index (κ1) is 25.0. The summed E-state index contributed by atoms with van der Waals surface area (Å²) < 4.78 is 5.42. The van der Waals surface area contributed by atoms with Crippen LogP contribution >= 0.6 is 24.0 Å². The number of guanidine groups is 1. The smallest absolute Gasteiger partial charge is 0.236 e. The van der Waals surface area contributed by atoms with Crippen LogP contribution in [0, 0.1) is 0 Å². The number of piperidine rings is 1. The van der Waals surface area contributed by atoms with Crippen molar-refractivity contribution >= 4 is 35.8 Å². The number of likely N-dealkylation sites (tertiary alicyclic amines) is 1. The van der Waals surface area contributed by atoms with E-state index in [9.17, 15) is 4.79 Å². The number of nitrogens with one attached hydrogen (secondary N) is 1. The van der Waals surface area contributed by atoms with Crippen LogP contribution in [0.4, 0.5) is 0 Å². The summed E-state index contributed by atoms with van der Waals surface area (Å²) in [4.78, 5) is 24.1. The van der Waals surface area contributed by atoms with E-state index in [2.05, 4.69) is 29.0 Å². The Kier molecular flexibility index (Phi) is 11.0. The van der Waals surface area contributed by atoms with Crippen molar-refractivity contribution in [1.29, 1.82) is 0 Å². The van der Waals surface area contributed by atoms with Gasteiger partial charge in [0.1, 0.15) is 5.76 Å². The van der Waals surface area contributed by atoms with E-state index in [1.54, 1.807) is 6.26 Å². The van der Waals surface area contributed by atoms with Gasteiger partial charge in [-0.2, -0.15) is 0 Å². The number of rotatable bonds is 7. The molecule has 0 spiro atoms. The minimum atomic E-state index is 0. The van der Waals surface area contributed by atoms with Crippen LogP contribution in [-0.2, 0) is 11.2 Å². The Bertz CT molecular complexity index is 638. The van der Waals surface area contributed by atoms with Gasteiger partial charge in [-0.1, -0.05) is 6.92 Å². The second-order valence-corrected chi connectivity index (χ2v) is 8.19. The van der Waals surface area contributed by atoms with Crippen molar-refractivity contribution in [2.75, 3.05) is 52.4 Å². The molecule has 1 amide bonds. The quantitative estimate of drug-likeness (QED) is 0.333. The third-order valence-electron chi connectivity index (χ3n) is 5.93. The summed E-state index contributed by atoms with van der Waals surface area (Å²) in [5, 5.41) is 3.58. The van der Waals surface area contributed by atoms with Crippen molar-refractivity contribution in [1.82, 2.24) is 20.0 Å². The first-order chi connectivity index (χ1) is 14.2. The van der Waals surface area contributed by atoms with Gasteiger partial charge in [-0.05, 0) is 44.7 Å². The topological polar surface area (TPSA) is 64.3 Å². The number of carbonyl (C=O) groups excluding carboxylic acids is 1. The number of piperazine rings is 1. The molecule has 0 bridgehead atoms. The molecule has 1 unspecified atom stereocenters. The van der Waals surface area contributed by atoms with E-state index < -0.39 is 0 Å². The van der Waals surface area contributed by atoms with Crippen molar-refractivity contribution in [2.45, 2.75) is 52.0 Å². The summed E-state index contributed by atoms with van der Waals surface area (Å²) in [6.45, 7) is 11.1. The Labute approximate surface area is 198 Å². The van der Waals surface area contributed by atoms with Crippen LogP contribution in [0.15, 0.2) is 27.8 Å². The summed E-state index contributed by atoms with van der Waals surface area (Å²) in [6.07, 6.45) is 7.14. The molecule has 3 heterocycles. The minimum Gasteiger partial charge on any atom is -0.469 e.